The number of hydrogen-bond donors (Lipinski definition) is 1. The molecule has 0 aliphatic carbocycles. The van der Waals surface area contributed by atoms with Crippen molar-refractivity contribution in [2.75, 3.05) is 4.72 Å². The van der Waals surface area contributed by atoms with E-state index >= 15 is 0 Å². The standard InChI is InChI=1S/C14H16N4O2S/c1-10(2)18-9-13(8-16-18)17-21(19,20)14-5-4-12(7-15)11(3)6-14/h4-6,8-10,17H,1-3H3. The molecule has 7 heteroatoms. The first-order chi connectivity index (χ1) is 9.83. The van der Waals surface area contributed by atoms with E-state index in [-0.39, 0.29) is 10.9 Å². The van der Waals surface area contributed by atoms with Gasteiger partial charge >= 0.3 is 0 Å². The topological polar surface area (TPSA) is 87.8 Å². The highest BCUT2D eigenvalue weighted by Gasteiger charge is 2.16. The molecule has 1 N–H and O–H groups in total. The molecule has 0 saturated heterocycles. The van der Waals surface area contributed by atoms with Crippen LogP contribution in [-0.4, -0.2) is 18.2 Å². The van der Waals surface area contributed by atoms with Gasteiger partial charge in [-0.3, -0.25) is 9.40 Å². The lowest BCUT2D eigenvalue weighted by atomic mass is 10.1. The van der Waals surface area contributed by atoms with Gasteiger partial charge in [-0.15, -0.1) is 0 Å². The van der Waals surface area contributed by atoms with Crippen LogP contribution in [0.1, 0.15) is 31.0 Å². The molecule has 0 aliphatic heterocycles. The molecular weight excluding hydrogens is 288 g/mol. The third-order valence-corrected chi connectivity index (χ3v) is 4.39. The lowest BCUT2D eigenvalue weighted by molar-refractivity contribution is 0.532. The van der Waals surface area contributed by atoms with Crippen molar-refractivity contribution < 1.29 is 8.42 Å². The van der Waals surface area contributed by atoms with Crippen molar-refractivity contribution in [1.29, 1.82) is 5.26 Å². The van der Waals surface area contributed by atoms with Crippen LogP contribution in [0, 0.1) is 18.3 Å². The third kappa shape index (κ3) is 3.23. The maximum Gasteiger partial charge on any atom is 0.262 e. The number of rotatable bonds is 4. The number of anilines is 1. The van der Waals surface area contributed by atoms with E-state index in [1.54, 1.807) is 17.8 Å². The van der Waals surface area contributed by atoms with Crippen molar-refractivity contribution in [3.63, 3.8) is 0 Å². The molecular formula is C14H16N4O2S. The number of aromatic nitrogens is 2. The van der Waals surface area contributed by atoms with E-state index in [4.69, 9.17) is 5.26 Å². The zero-order valence-electron chi connectivity index (χ0n) is 12.0. The van der Waals surface area contributed by atoms with Crippen LogP contribution in [0.4, 0.5) is 5.69 Å². The van der Waals surface area contributed by atoms with E-state index in [0.717, 1.165) is 0 Å². The molecule has 0 fully saturated rings. The maximum atomic E-state index is 12.3. The second-order valence-corrected chi connectivity index (χ2v) is 6.68. The Morgan fingerprint density at radius 3 is 2.62 bits per heavy atom. The normalized spacial score (nSPS) is 11.4. The first kappa shape index (κ1) is 15.1. The van der Waals surface area contributed by atoms with Crippen molar-refractivity contribution in [3.8, 4) is 6.07 Å². The van der Waals surface area contributed by atoms with Gasteiger partial charge < -0.3 is 0 Å². The molecule has 1 heterocycles. The molecule has 1 aromatic heterocycles. The van der Waals surface area contributed by atoms with Crippen LogP contribution in [0.25, 0.3) is 0 Å². The van der Waals surface area contributed by atoms with Crippen molar-refractivity contribution in [2.45, 2.75) is 31.7 Å². The highest BCUT2D eigenvalue weighted by Crippen LogP contribution is 2.19. The predicted octanol–water partition coefficient (Wildman–Crippen LogP) is 2.44. The summed E-state index contributed by atoms with van der Waals surface area (Å²) in [6, 6.07) is 6.56. The average molecular weight is 304 g/mol. The second kappa shape index (κ2) is 5.58. The molecule has 0 amide bonds. The van der Waals surface area contributed by atoms with Gasteiger partial charge in [0.2, 0.25) is 0 Å². The first-order valence-corrected chi connectivity index (χ1v) is 7.89. The van der Waals surface area contributed by atoms with Crippen LogP contribution in [0.2, 0.25) is 0 Å². The van der Waals surface area contributed by atoms with Crippen LogP contribution >= 0.6 is 0 Å². The van der Waals surface area contributed by atoms with Crippen LogP contribution in [0.15, 0.2) is 35.5 Å². The Morgan fingerprint density at radius 1 is 1.38 bits per heavy atom. The van der Waals surface area contributed by atoms with Crippen LogP contribution in [0.5, 0.6) is 0 Å². The zero-order valence-corrected chi connectivity index (χ0v) is 12.8. The zero-order chi connectivity index (χ0) is 15.6. The molecule has 2 aromatic rings. The van der Waals surface area contributed by atoms with Gasteiger partial charge in [-0.25, -0.2) is 8.42 Å². The summed E-state index contributed by atoms with van der Waals surface area (Å²) in [7, 11) is -3.69. The Morgan fingerprint density at radius 2 is 2.10 bits per heavy atom. The largest absolute Gasteiger partial charge is 0.276 e. The van der Waals surface area contributed by atoms with E-state index in [1.165, 1.54) is 24.4 Å². The van der Waals surface area contributed by atoms with Crippen molar-refractivity contribution in [3.05, 3.63) is 41.7 Å². The summed E-state index contributed by atoms with van der Waals surface area (Å²) in [5.74, 6) is 0. The average Bonchev–Trinajstić information content (AvgIpc) is 2.86. The molecule has 21 heavy (non-hydrogen) atoms. The number of nitrogens with zero attached hydrogens (tertiary/aromatic N) is 3. The van der Waals surface area contributed by atoms with Gasteiger partial charge in [-0.05, 0) is 44.5 Å². The third-order valence-electron chi connectivity index (χ3n) is 3.01. The van der Waals surface area contributed by atoms with Crippen LogP contribution < -0.4 is 4.72 Å². The Bertz CT molecular complexity index is 801. The molecule has 1 aromatic carbocycles. The van der Waals surface area contributed by atoms with Gasteiger partial charge in [0, 0.05) is 12.2 Å². The first-order valence-electron chi connectivity index (χ1n) is 6.41. The number of sulfonamides is 1. The van der Waals surface area contributed by atoms with Gasteiger partial charge in [0.05, 0.1) is 28.4 Å². The Kier molecular flexibility index (Phi) is 4.00. The summed E-state index contributed by atoms with van der Waals surface area (Å²) in [6.07, 6.45) is 3.10. The molecule has 0 atom stereocenters. The van der Waals surface area contributed by atoms with Gasteiger partial charge in [0.1, 0.15) is 0 Å². The van der Waals surface area contributed by atoms with E-state index in [2.05, 4.69) is 9.82 Å². The minimum absolute atomic E-state index is 0.122. The van der Waals surface area contributed by atoms with Gasteiger partial charge in [-0.2, -0.15) is 10.4 Å². The van der Waals surface area contributed by atoms with E-state index in [0.29, 0.717) is 16.8 Å². The summed E-state index contributed by atoms with van der Waals surface area (Å²) in [5, 5.41) is 13.0. The van der Waals surface area contributed by atoms with E-state index in [1.807, 2.05) is 19.9 Å². The molecule has 110 valence electrons. The fraction of sp³-hybridized carbons (Fsp3) is 0.286. The van der Waals surface area contributed by atoms with Crippen LogP contribution in [-0.2, 0) is 10.0 Å². The molecule has 0 spiro atoms. The fourth-order valence-electron chi connectivity index (χ4n) is 1.82. The predicted molar refractivity (Wildman–Crippen MR) is 79.3 cm³/mol. The van der Waals surface area contributed by atoms with Crippen molar-refractivity contribution in [2.24, 2.45) is 0 Å². The van der Waals surface area contributed by atoms with Crippen molar-refractivity contribution >= 4 is 15.7 Å². The summed E-state index contributed by atoms with van der Waals surface area (Å²) in [4.78, 5) is 0.122. The van der Waals surface area contributed by atoms with Crippen molar-refractivity contribution in [1.82, 2.24) is 9.78 Å². The Labute approximate surface area is 124 Å². The van der Waals surface area contributed by atoms with E-state index in [9.17, 15) is 8.42 Å². The van der Waals surface area contributed by atoms with Crippen LogP contribution in [0.3, 0.4) is 0 Å². The van der Waals surface area contributed by atoms with Gasteiger partial charge in [0.25, 0.3) is 10.0 Å². The monoisotopic (exact) mass is 304 g/mol. The maximum absolute atomic E-state index is 12.3. The molecule has 0 bridgehead atoms. The quantitative estimate of drug-likeness (QED) is 0.939. The molecule has 0 radical (unpaired) electrons. The number of nitrogens with one attached hydrogen (secondary N) is 1. The molecule has 2 rings (SSSR count). The summed E-state index contributed by atoms with van der Waals surface area (Å²) >= 11 is 0. The van der Waals surface area contributed by atoms with E-state index < -0.39 is 10.0 Å². The summed E-state index contributed by atoms with van der Waals surface area (Å²) in [6.45, 7) is 5.61. The molecule has 0 saturated carbocycles. The van der Waals surface area contributed by atoms with Gasteiger partial charge in [0.15, 0.2) is 0 Å². The number of benzene rings is 1. The SMILES string of the molecule is Cc1cc(S(=O)(=O)Nc2cnn(C(C)C)c2)ccc1C#N. The second-order valence-electron chi connectivity index (χ2n) is 5.00. The Hall–Kier alpha value is -2.33. The lowest BCUT2D eigenvalue weighted by Gasteiger charge is -2.07. The number of hydrogen-bond acceptors (Lipinski definition) is 4. The highest BCUT2D eigenvalue weighted by molar-refractivity contribution is 7.92. The fourth-order valence-corrected chi connectivity index (χ4v) is 2.93. The Balaban J connectivity index is 2.29. The number of nitriles is 1. The smallest absolute Gasteiger partial charge is 0.262 e. The highest BCUT2D eigenvalue weighted by atomic mass is 32.2. The minimum Gasteiger partial charge on any atom is -0.276 e. The molecule has 6 nitrogen and oxygen atoms in total. The number of aryl methyl sites for hydroxylation is 1. The van der Waals surface area contributed by atoms with Gasteiger partial charge in [-0.1, -0.05) is 0 Å². The summed E-state index contributed by atoms with van der Waals surface area (Å²) < 4.78 is 28.8. The molecule has 0 aliphatic rings. The minimum atomic E-state index is -3.69. The summed E-state index contributed by atoms with van der Waals surface area (Å²) in [5.41, 5.74) is 1.49. The molecule has 0 unspecified atom stereocenters. The lowest BCUT2D eigenvalue weighted by Crippen LogP contribution is -2.13.